The predicted octanol–water partition coefficient (Wildman–Crippen LogP) is 0.715. The van der Waals surface area contributed by atoms with Crippen LogP contribution in [0.25, 0.3) is 0 Å². The Kier molecular flexibility index (Phi) is 8.15. The Labute approximate surface area is 102 Å². The molecule has 0 unspecified atom stereocenters. The van der Waals surface area contributed by atoms with Crippen molar-refractivity contribution in [2.45, 2.75) is 18.9 Å². The summed E-state index contributed by atoms with van der Waals surface area (Å²) in [6.45, 7) is 5.06. The molecule has 1 saturated heterocycles. The van der Waals surface area contributed by atoms with Gasteiger partial charge >= 0.3 is 0 Å². The van der Waals surface area contributed by atoms with Crippen molar-refractivity contribution in [3.63, 3.8) is 0 Å². The first-order valence-corrected chi connectivity index (χ1v) is 6.48. The first-order chi connectivity index (χ1) is 7.86. The number of nitrogens with zero attached hydrogens (tertiary/aromatic N) is 1. The molecule has 0 bridgehead atoms. The number of piperidine rings is 1. The number of alkyl halides is 1. The lowest BCUT2D eigenvalue weighted by Gasteiger charge is -2.31. The van der Waals surface area contributed by atoms with Crippen molar-refractivity contribution >= 4 is 11.6 Å². The van der Waals surface area contributed by atoms with Crippen LogP contribution in [-0.2, 0) is 9.47 Å². The highest BCUT2D eigenvalue weighted by Crippen LogP contribution is 2.12. The van der Waals surface area contributed by atoms with E-state index in [0.717, 1.165) is 39.1 Å². The minimum absolute atomic E-state index is 0.118. The molecular formula is C11H22ClNO3. The molecule has 0 radical (unpaired) electrons. The molecule has 1 N–H and O–H groups in total. The molecule has 5 heteroatoms. The van der Waals surface area contributed by atoms with Gasteiger partial charge in [-0.1, -0.05) is 0 Å². The van der Waals surface area contributed by atoms with Crippen LogP contribution in [-0.4, -0.2) is 68.1 Å². The molecule has 0 aromatic heterocycles. The molecule has 0 saturated carbocycles. The van der Waals surface area contributed by atoms with Gasteiger partial charge in [0.2, 0.25) is 0 Å². The molecule has 1 aliphatic heterocycles. The summed E-state index contributed by atoms with van der Waals surface area (Å²) in [6, 6.07) is 0. The fourth-order valence-corrected chi connectivity index (χ4v) is 1.98. The Hall–Kier alpha value is 0.130. The molecule has 16 heavy (non-hydrogen) atoms. The highest BCUT2D eigenvalue weighted by molar-refractivity contribution is 6.17. The van der Waals surface area contributed by atoms with Gasteiger partial charge in [-0.15, -0.1) is 11.6 Å². The van der Waals surface area contributed by atoms with Gasteiger partial charge in [0.15, 0.2) is 0 Å². The smallest absolute Gasteiger partial charge is 0.0701 e. The molecular weight excluding hydrogens is 230 g/mol. The highest BCUT2D eigenvalue weighted by Gasteiger charge is 2.18. The third kappa shape index (κ3) is 6.01. The van der Waals surface area contributed by atoms with Gasteiger partial charge in [-0.25, -0.2) is 0 Å². The van der Waals surface area contributed by atoms with Crippen LogP contribution in [0, 0.1) is 0 Å². The zero-order valence-corrected chi connectivity index (χ0v) is 10.5. The van der Waals surface area contributed by atoms with Crippen LogP contribution in [0.15, 0.2) is 0 Å². The summed E-state index contributed by atoms with van der Waals surface area (Å²) in [5.41, 5.74) is 0. The van der Waals surface area contributed by atoms with Crippen LogP contribution in [0.4, 0.5) is 0 Å². The summed E-state index contributed by atoms with van der Waals surface area (Å²) in [4.78, 5) is 2.38. The standard InChI is InChI=1S/C11H22ClNO3/c12-3-8-15-9-6-13-4-1-11(2-5-13)16-10-7-14/h11,14H,1-10H2. The number of aliphatic hydroxyl groups excluding tert-OH is 1. The minimum Gasteiger partial charge on any atom is -0.394 e. The topological polar surface area (TPSA) is 41.9 Å². The monoisotopic (exact) mass is 251 g/mol. The van der Waals surface area contributed by atoms with E-state index in [0.29, 0.717) is 25.2 Å². The van der Waals surface area contributed by atoms with Crippen molar-refractivity contribution in [1.82, 2.24) is 4.90 Å². The van der Waals surface area contributed by atoms with Gasteiger partial charge in [0, 0.05) is 25.5 Å². The van der Waals surface area contributed by atoms with Crippen molar-refractivity contribution in [3.8, 4) is 0 Å². The van der Waals surface area contributed by atoms with E-state index in [9.17, 15) is 0 Å². The van der Waals surface area contributed by atoms with Crippen LogP contribution in [0.3, 0.4) is 0 Å². The van der Waals surface area contributed by atoms with E-state index in [1.54, 1.807) is 0 Å². The Bertz CT molecular complexity index is 163. The lowest BCUT2D eigenvalue weighted by molar-refractivity contribution is -0.0119. The van der Waals surface area contributed by atoms with E-state index >= 15 is 0 Å². The Morgan fingerprint density at radius 3 is 2.56 bits per heavy atom. The molecule has 0 spiro atoms. The molecule has 96 valence electrons. The second kappa shape index (κ2) is 9.19. The molecule has 1 fully saturated rings. The summed E-state index contributed by atoms with van der Waals surface area (Å²) in [5.74, 6) is 0.567. The Morgan fingerprint density at radius 1 is 1.19 bits per heavy atom. The van der Waals surface area contributed by atoms with Crippen molar-refractivity contribution in [2.75, 3.05) is 51.9 Å². The fraction of sp³-hybridized carbons (Fsp3) is 1.00. The molecule has 1 rings (SSSR count). The van der Waals surface area contributed by atoms with Crippen molar-refractivity contribution in [3.05, 3.63) is 0 Å². The van der Waals surface area contributed by atoms with Gasteiger partial charge in [-0.3, -0.25) is 0 Å². The summed E-state index contributed by atoms with van der Waals surface area (Å²) < 4.78 is 10.8. The maximum atomic E-state index is 8.65. The molecule has 0 aromatic rings. The number of aliphatic hydroxyl groups is 1. The number of rotatable bonds is 8. The van der Waals surface area contributed by atoms with E-state index in [2.05, 4.69) is 4.90 Å². The van der Waals surface area contributed by atoms with E-state index in [4.69, 9.17) is 26.2 Å². The maximum Gasteiger partial charge on any atom is 0.0701 e. The third-order valence-electron chi connectivity index (χ3n) is 2.75. The molecule has 1 aliphatic rings. The number of hydrogen-bond acceptors (Lipinski definition) is 4. The lowest BCUT2D eigenvalue weighted by Crippen LogP contribution is -2.39. The summed E-state index contributed by atoms with van der Waals surface area (Å²) in [6.07, 6.45) is 2.43. The van der Waals surface area contributed by atoms with Gasteiger partial charge in [0.05, 0.1) is 32.5 Å². The summed E-state index contributed by atoms with van der Waals surface area (Å²) >= 11 is 5.52. The van der Waals surface area contributed by atoms with E-state index in [1.807, 2.05) is 0 Å². The number of ether oxygens (including phenoxy) is 2. The molecule has 0 aliphatic carbocycles. The molecule has 0 aromatic carbocycles. The molecule has 0 amide bonds. The summed E-state index contributed by atoms with van der Waals surface area (Å²) in [7, 11) is 0. The van der Waals surface area contributed by atoms with Crippen molar-refractivity contribution in [2.24, 2.45) is 0 Å². The first kappa shape index (κ1) is 14.2. The lowest BCUT2D eigenvalue weighted by atomic mass is 10.1. The van der Waals surface area contributed by atoms with Crippen LogP contribution in [0.2, 0.25) is 0 Å². The number of likely N-dealkylation sites (tertiary alicyclic amines) is 1. The Balaban J connectivity index is 1.98. The van der Waals surface area contributed by atoms with Gasteiger partial charge in [-0.05, 0) is 12.8 Å². The zero-order valence-electron chi connectivity index (χ0n) is 9.74. The highest BCUT2D eigenvalue weighted by atomic mass is 35.5. The average Bonchev–Trinajstić information content (AvgIpc) is 2.33. The molecule has 1 heterocycles. The fourth-order valence-electron chi connectivity index (χ4n) is 1.87. The normalized spacial score (nSPS) is 19.1. The van der Waals surface area contributed by atoms with Crippen LogP contribution in [0.1, 0.15) is 12.8 Å². The third-order valence-corrected chi connectivity index (χ3v) is 2.91. The first-order valence-electron chi connectivity index (χ1n) is 5.95. The maximum absolute atomic E-state index is 8.65. The van der Waals surface area contributed by atoms with Gasteiger partial charge < -0.3 is 19.5 Å². The van der Waals surface area contributed by atoms with Gasteiger partial charge in [-0.2, -0.15) is 0 Å². The van der Waals surface area contributed by atoms with E-state index in [1.165, 1.54) is 0 Å². The zero-order chi connectivity index (χ0) is 11.6. The van der Waals surface area contributed by atoms with Crippen LogP contribution < -0.4 is 0 Å². The van der Waals surface area contributed by atoms with Crippen LogP contribution >= 0.6 is 11.6 Å². The second-order valence-electron chi connectivity index (χ2n) is 3.94. The predicted molar refractivity (Wildman–Crippen MR) is 64.0 cm³/mol. The average molecular weight is 252 g/mol. The van der Waals surface area contributed by atoms with Gasteiger partial charge in [0.25, 0.3) is 0 Å². The van der Waals surface area contributed by atoms with Crippen LogP contribution in [0.5, 0.6) is 0 Å². The Morgan fingerprint density at radius 2 is 1.94 bits per heavy atom. The van der Waals surface area contributed by atoms with Crippen molar-refractivity contribution in [1.29, 1.82) is 0 Å². The SMILES string of the molecule is OCCOC1CCN(CCOCCCl)CC1. The number of halogens is 1. The molecule has 4 nitrogen and oxygen atoms in total. The van der Waals surface area contributed by atoms with E-state index in [-0.39, 0.29) is 6.61 Å². The van der Waals surface area contributed by atoms with Gasteiger partial charge in [0.1, 0.15) is 0 Å². The largest absolute Gasteiger partial charge is 0.394 e. The van der Waals surface area contributed by atoms with Crippen molar-refractivity contribution < 1.29 is 14.6 Å². The molecule has 0 atom stereocenters. The summed E-state index contributed by atoms with van der Waals surface area (Å²) in [5, 5.41) is 8.65. The number of hydrogen-bond donors (Lipinski definition) is 1. The second-order valence-corrected chi connectivity index (χ2v) is 4.31. The van der Waals surface area contributed by atoms with E-state index < -0.39 is 0 Å². The quantitative estimate of drug-likeness (QED) is 0.510. The minimum atomic E-state index is 0.118.